The van der Waals surface area contributed by atoms with Crippen molar-refractivity contribution >= 4 is 23.6 Å². The number of nitrogens with one attached hydrogen (secondary N) is 1. The summed E-state index contributed by atoms with van der Waals surface area (Å²) in [7, 11) is 0. The third kappa shape index (κ3) is 7.86. The summed E-state index contributed by atoms with van der Waals surface area (Å²) in [6.07, 6.45) is 1.34. The molecule has 2 aromatic rings. The predicted molar refractivity (Wildman–Crippen MR) is 127 cm³/mol. The molecule has 1 atom stereocenters. The van der Waals surface area contributed by atoms with Crippen LogP contribution in [-0.2, 0) is 21.8 Å². The topological polar surface area (TPSA) is 49.4 Å². The van der Waals surface area contributed by atoms with Gasteiger partial charge in [-0.25, -0.2) is 0 Å². The van der Waals surface area contributed by atoms with Crippen LogP contribution in [0.3, 0.4) is 0 Å². The van der Waals surface area contributed by atoms with Crippen molar-refractivity contribution < 1.29 is 9.59 Å². The van der Waals surface area contributed by atoms with Gasteiger partial charge in [0, 0.05) is 18.3 Å². The number of hydrogen-bond acceptors (Lipinski definition) is 3. The van der Waals surface area contributed by atoms with Gasteiger partial charge in [0.2, 0.25) is 11.8 Å². The molecule has 0 unspecified atom stereocenters. The maximum Gasteiger partial charge on any atom is 0.242 e. The van der Waals surface area contributed by atoms with Gasteiger partial charge in [0.1, 0.15) is 6.04 Å². The van der Waals surface area contributed by atoms with Gasteiger partial charge in [-0.2, -0.15) is 0 Å². The molecule has 0 saturated carbocycles. The first-order chi connectivity index (χ1) is 14.4. The van der Waals surface area contributed by atoms with Gasteiger partial charge in [-0.15, -0.1) is 11.8 Å². The van der Waals surface area contributed by atoms with Gasteiger partial charge in [-0.3, -0.25) is 9.59 Å². The Hall–Kier alpha value is -2.27. The highest BCUT2D eigenvalue weighted by atomic mass is 32.2. The van der Waals surface area contributed by atoms with Crippen LogP contribution in [0.5, 0.6) is 0 Å². The Morgan fingerprint density at radius 2 is 1.67 bits per heavy atom. The second-order valence-electron chi connectivity index (χ2n) is 7.89. The van der Waals surface area contributed by atoms with Gasteiger partial charge in [0.25, 0.3) is 0 Å². The number of amides is 2. The van der Waals surface area contributed by atoms with Crippen LogP contribution >= 0.6 is 11.8 Å². The molecule has 0 fully saturated rings. The summed E-state index contributed by atoms with van der Waals surface area (Å²) in [6, 6.07) is 18.1. The molecule has 0 heterocycles. The zero-order chi connectivity index (χ0) is 21.9. The minimum absolute atomic E-state index is 0.0220. The standard InChI is InChI=1S/C25H34N2O2S/c1-5-23(25(29)26-19(2)3)27(16-15-21-9-7-6-8-10-21)24(28)18-30-17-22-13-11-20(4)12-14-22/h6-14,19,23H,5,15-18H2,1-4H3,(H,26,29)/t23-/m1/s1. The van der Waals surface area contributed by atoms with Crippen molar-refractivity contribution in [2.24, 2.45) is 0 Å². The Labute approximate surface area is 185 Å². The summed E-state index contributed by atoms with van der Waals surface area (Å²) in [5, 5.41) is 2.97. The summed E-state index contributed by atoms with van der Waals surface area (Å²) < 4.78 is 0. The van der Waals surface area contributed by atoms with Gasteiger partial charge in [-0.1, -0.05) is 67.1 Å². The first kappa shape index (κ1) is 24.0. The lowest BCUT2D eigenvalue weighted by atomic mass is 10.1. The highest BCUT2D eigenvalue weighted by molar-refractivity contribution is 7.99. The van der Waals surface area contributed by atoms with Crippen molar-refractivity contribution in [3.8, 4) is 0 Å². The highest BCUT2D eigenvalue weighted by Crippen LogP contribution is 2.16. The van der Waals surface area contributed by atoms with E-state index in [1.165, 1.54) is 16.7 Å². The number of nitrogens with zero attached hydrogens (tertiary/aromatic N) is 1. The zero-order valence-corrected chi connectivity index (χ0v) is 19.4. The van der Waals surface area contributed by atoms with Crippen molar-refractivity contribution in [1.29, 1.82) is 0 Å². The van der Waals surface area contributed by atoms with Crippen LogP contribution in [0.4, 0.5) is 0 Å². The predicted octanol–water partition coefficient (Wildman–Crippen LogP) is 4.60. The molecule has 0 radical (unpaired) electrons. The third-order valence-corrected chi connectivity index (χ3v) is 5.90. The molecule has 0 aliphatic rings. The highest BCUT2D eigenvalue weighted by Gasteiger charge is 2.28. The third-order valence-electron chi connectivity index (χ3n) is 4.92. The Bertz CT molecular complexity index is 791. The molecule has 2 rings (SSSR count). The lowest BCUT2D eigenvalue weighted by Crippen LogP contribution is -2.51. The van der Waals surface area contributed by atoms with Crippen LogP contribution in [0.1, 0.15) is 43.9 Å². The lowest BCUT2D eigenvalue weighted by Gasteiger charge is -2.31. The van der Waals surface area contributed by atoms with E-state index in [0.29, 0.717) is 18.7 Å². The molecule has 162 valence electrons. The summed E-state index contributed by atoms with van der Waals surface area (Å²) in [4.78, 5) is 27.7. The molecule has 1 N–H and O–H groups in total. The molecule has 0 aliphatic carbocycles. The monoisotopic (exact) mass is 426 g/mol. The SMILES string of the molecule is CC[C@H](C(=O)NC(C)C)N(CCc1ccccc1)C(=O)CSCc1ccc(C)cc1. The zero-order valence-electron chi connectivity index (χ0n) is 18.6. The van der Waals surface area contributed by atoms with Crippen LogP contribution in [0.25, 0.3) is 0 Å². The normalized spacial score (nSPS) is 11.9. The smallest absolute Gasteiger partial charge is 0.242 e. The second kappa shape index (κ2) is 12.4. The number of rotatable bonds is 11. The van der Waals surface area contributed by atoms with Gasteiger partial charge in [0.05, 0.1) is 5.75 Å². The van der Waals surface area contributed by atoms with E-state index in [9.17, 15) is 9.59 Å². The average molecular weight is 427 g/mol. The molecular formula is C25H34N2O2S. The fraction of sp³-hybridized carbons (Fsp3) is 0.440. The van der Waals surface area contributed by atoms with Gasteiger partial charge >= 0.3 is 0 Å². The lowest BCUT2D eigenvalue weighted by molar-refractivity contribution is -0.139. The fourth-order valence-corrected chi connectivity index (χ4v) is 4.17. The molecule has 0 aliphatic heterocycles. The maximum atomic E-state index is 13.1. The minimum Gasteiger partial charge on any atom is -0.352 e. The summed E-state index contributed by atoms with van der Waals surface area (Å²) in [6.45, 7) is 8.46. The number of hydrogen-bond donors (Lipinski definition) is 1. The van der Waals surface area contributed by atoms with Crippen molar-refractivity contribution in [1.82, 2.24) is 10.2 Å². The van der Waals surface area contributed by atoms with Crippen LogP contribution in [-0.4, -0.2) is 41.1 Å². The maximum absolute atomic E-state index is 13.1. The molecule has 5 heteroatoms. The minimum atomic E-state index is -0.441. The van der Waals surface area contributed by atoms with E-state index < -0.39 is 6.04 Å². The summed E-state index contributed by atoms with van der Waals surface area (Å²) in [5.74, 6) is 1.10. The van der Waals surface area contributed by atoms with E-state index in [2.05, 4.69) is 48.6 Å². The Morgan fingerprint density at radius 3 is 2.27 bits per heavy atom. The first-order valence-electron chi connectivity index (χ1n) is 10.7. The molecular weight excluding hydrogens is 392 g/mol. The molecule has 0 bridgehead atoms. The molecule has 30 heavy (non-hydrogen) atoms. The quantitative estimate of drug-likeness (QED) is 0.571. The Kier molecular flexibility index (Phi) is 9.95. The van der Waals surface area contributed by atoms with Crippen molar-refractivity contribution in [3.63, 3.8) is 0 Å². The molecule has 2 aromatic carbocycles. The van der Waals surface area contributed by atoms with E-state index in [1.54, 1.807) is 16.7 Å². The average Bonchev–Trinajstić information content (AvgIpc) is 2.72. The molecule has 4 nitrogen and oxygen atoms in total. The number of carbonyl (C=O) groups excluding carboxylic acids is 2. The van der Waals surface area contributed by atoms with Crippen LogP contribution in [0, 0.1) is 6.92 Å². The van der Waals surface area contributed by atoms with Crippen molar-refractivity contribution in [2.45, 2.75) is 58.4 Å². The fourth-order valence-electron chi connectivity index (χ4n) is 3.30. The number of benzene rings is 2. The van der Waals surface area contributed by atoms with Gasteiger partial charge in [0.15, 0.2) is 0 Å². The van der Waals surface area contributed by atoms with Crippen LogP contribution < -0.4 is 5.32 Å². The summed E-state index contributed by atoms with van der Waals surface area (Å²) >= 11 is 1.60. The van der Waals surface area contributed by atoms with Crippen LogP contribution in [0.2, 0.25) is 0 Å². The summed E-state index contributed by atoms with van der Waals surface area (Å²) in [5.41, 5.74) is 3.61. The number of aryl methyl sites for hydroxylation is 1. The largest absolute Gasteiger partial charge is 0.352 e. The van der Waals surface area contributed by atoms with E-state index in [-0.39, 0.29) is 17.9 Å². The van der Waals surface area contributed by atoms with Crippen LogP contribution in [0.15, 0.2) is 54.6 Å². The van der Waals surface area contributed by atoms with Gasteiger partial charge in [-0.05, 0) is 44.7 Å². The number of thioether (sulfide) groups is 1. The van der Waals surface area contributed by atoms with Crippen molar-refractivity contribution in [3.05, 3.63) is 71.3 Å². The second-order valence-corrected chi connectivity index (χ2v) is 8.87. The van der Waals surface area contributed by atoms with Crippen molar-refractivity contribution in [2.75, 3.05) is 12.3 Å². The molecule has 2 amide bonds. The van der Waals surface area contributed by atoms with E-state index in [0.717, 1.165) is 12.2 Å². The number of carbonyl (C=O) groups is 2. The van der Waals surface area contributed by atoms with E-state index >= 15 is 0 Å². The molecule has 0 spiro atoms. The Morgan fingerprint density at radius 1 is 1.00 bits per heavy atom. The van der Waals surface area contributed by atoms with E-state index in [1.807, 2.05) is 39.0 Å². The first-order valence-corrected chi connectivity index (χ1v) is 11.8. The Balaban J connectivity index is 2.04. The molecule has 0 aromatic heterocycles. The molecule has 0 saturated heterocycles. The van der Waals surface area contributed by atoms with E-state index in [4.69, 9.17) is 0 Å². The van der Waals surface area contributed by atoms with Gasteiger partial charge < -0.3 is 10.2 Å².